The van der Waals surface area contributed by atoms with E-state index in [0.29, 0.717) is 27.9 Å². The van der Waals surface area contributed by atoms with Crippen molar-refractivity contribution in [1.82, 2.24) is 0 Å². The van der Waals surface area contributed by atoms with Gasteiger partial charge in [-0.05, 0) is 67.9 Å². The average molecular weight is 487 g/mol. The summed E-state index contributed by atoms with van der Waals surface area (Å²) in [7, 11) is -7.83. The van der Waals surface area contributed by atoms with Gasteiger partial charge in [0.15, 0.2) is 0 Å². The zero-order chi connectivity index (χ0) is 21.9. The van der Waals surface area contributed by atoms with Crippen LogP contribution in [-0.4, -0.2) is 23.4 Å². The molecule has 160 valence electrons. The van der Waals surface area contributed by atoms with Gasteiger partial charge in [0.25, 0.3) is 20.0 Å². The van der Waals surface area contributed by atoms with Crippen LogP contribution in [0.2, 0.25) is 4.34 Å². The number of nitrogens with one attached hydrogen (secondary N) is 2. The van der Waals surface area contributed by atoms with Crippen LogP contribution in [0.1, 0.15) is 12.5 Å². The molecule has 3 aromatic rings. The van der Waals surface area contributed by atoms with Crippen molar-refractivity contribution in [3.05, 3.63) is 64.5 Å². The van der Waals surface area contributed by atoms with Crippen LogP contribution in [0.25, 0.3) is 0 Å². The first-order chi connectivity index (χ1) is 14.1. The summed E-state index contributed by atoms with van der Waals surface area (Å²) >= 11 is 6.72. The second kappa shape index (κ2) is 8.84. The van der Waals surface area contributed by atoms with Gasteiger partial charge in [0.2, 0.25) is 0 Å². The zero-order valence-corrected chi connectivity index (χ0v) is 19.3. The van der Waals surface area contributed by atoms with Gasteiger partial charge >= 0.3 is 0 Å². The van der Waals surface area contributed by atoms with E-state index in [2.05, 4.69) is 9.44 Å². The fraction of sp³-hybridized carbons (Fsp3) is 0.158. The van der Waals surface area contributed by atoms with E-state index in [1.807, 2.05) is 6.92 Å². The number of halogens is 1. The maximum Gasteiger partial charge on any atom is 0.271 e. The zero-order valence-electron chi connectivity index (χ0n) is 16.0. The van der Waals surface area contributed by atoms with E-state index in [1.165, 1.54) is 30.3 Å². The molecule has 0 amide bonds. The summed E-state index contributed by atoms with van der Waals surface area (Å²) < 4.78 is 61.4. The Labute approximate surface area is 184 Å². The highest BCUT2D eigenvalue weighted by Gasteiger charge is 2.21. The lowest BCUT2D eigenvalue weighted by atomic mass is 10.2. The van der Waals surface area contributed by atoms with Crippen molar-refractivity contribution in [2.45, 2.75) is 23.0 Å². The lowest BCUT2D eigenvalue weighted by Gasteiger charge is -2.13. The highest BCUT2D eigenvalue weighted by Crippen LogP contribution is 2.29. The molecule has 2 N–H and O–H groups in total. The number of aryl methyl sites for hydroxylation is 1. The predicted molar refractivity (Wildman–Crippen MR) is 120 cm³/mol. The fourth-order valence-corrected chi connectivity index (χ4v) is 6.46. The molecule has 0 bridgehead atoms. The monoisotopic (exact) mass is 486 g/mol. The van der Waals surface area contributed by atoms with Gasteiger partial charge in [-0.3, -0.25) is 9.44 Å². The van der Waals surface area contributed by atoms with Crippen molar-refractivity contribution >= 4 is 54.4 Å². The lowest BCUT2D eigenvalue weighted by Crippen LogP contribution is -2.16. The summed E-state index contributed by atoms with van der Waals surface area (Å²) in [5, 5.41) is 0. The molecule has 30 heavy (non-hydrogen) atoms. The standard InChI is InChI=1S/C19H19ClN2O5S3/c1-3-27-16-8-6-14(7-9-16)21-29(23,24)17-12-15(5-4-13(17)2)22-30(25,26)19-11-10-18(20)28-19/h4-12,21-22H,3H2,1-2H3. The molecule has 0 unspecified atom stereocenters. The van der Waals surface area contributed by atoms with Crippen LogP contribution < -0.4 is 14.2 Å². The van der Waals surface area contributed by atoms with Gasteiger partial charge in [0.05, 0.1) is 21.5 Å². The van der Waals surface area contributed by atoms with E-state index in [0.717, 1.165) is 11.3 Å². The third kappa shape index (κ3) is 5.25. The fourth-order valence-electron chi connectivity index (χ4n) is 2.60. The Hall–Kier alpha value is -2.27. The van der Waals surface area contributed by atoms with E-state index >= 15 is 0 Å². The Balaban J connectivity index is 1.86. The van der Waals surface area contributed by atoms with E-state index in [4.69, 9.17) is 16.3 Å². The number of sulfonamides is 2. The molecule has 0 saturated carbocycles. The van der Waals surface area contributed by atoms with Crippen molar-refractivity contribution in [3.63, 3.8) is 0 Å². The molecule has 1 heterocycles. The highest BCUT2D eigenvalue weighted by molar-refractivity contribution is 7.94. The topological polar surface area (TPSA) is 102 Å². The molecule has 11 heteroatoms. The molecule has 0 aliphatic rings. The summed E-state index contributed by atoms with van der Waals surface area (Å²) in [6.07, 6.45) is 0. The third-order valence-corrected chi connectivity index (χ3v) is 8.59. The minimum atomic E-state index is -3.95. The average Bonchev–Trinajstić information content (AvgIpc) is 3.12. The molecule has 0 spiro atoms. The van der Waals surface area contributed by atoms with Crippen molar-refractivity contribution in [2.75, 3.05) is 16.1 Å². The molecule has 0 atom stereocenters. The Morgan fingerprint density at radius 3 is 2.13 bits per heavy atom. The molecule has 2 aromatic carbocycles. The van der Waals surface area contributed by atoms with Crippen LogP contribution in [0.15, 0.2) is 63.7 Å². The van der Waals surface area contributed by atoms with Gasteiger partial charge in [0, 0.05) is 5.69 Å². The van der Waals surface area contributed by atoms with Crippen molar-refractivity contribution < 1.29 is 21.6 Å². The molecule has 1 aromatic heterocycles. The number of rotatable bonds is 8. The van der Waals surface area contributed by atoms with Gasteiger partial charge in [-0.2, -0.15) is 0 Å². The van der Waals surface area contributed by atoms with Crippen molar-refractivity contribution in [1.29, 1.82) is 0 Å². The smallest absolute Gasteiger partial charge is 0.271 e. The Bertz CT molecular complexity index is 1250. The molecule has 0 radical (unpaired) electrons. The first-order valence-electron chi connectivity index (χ1n) is 8.75. The first kappa shape index (κ1) is 22.4. The Kier molecular flexibility index (Phi) is 6.61. The summed E-state index contributed by atoms with van der Waals surface area (Å²) in [5.74, 6) is 0.627. The highest BCUT2D eigenvalue weighted by atomic mass is 35.5. The van der Waals surface area contributed by atoms with Crippen LogP contribution in [0.3, 0.4) is 0 Å². The third-order valence-electron chi connectivity index (χ3n) is 3.96. The SMILES string of the molecule is CCOc1ccc(NS(=O)(=O)c2cc(NS(=O)(=O)c3ccc(Cl)s3)ccc2C)cc1. The summed E-state index contributed by atoms with van der Waals surface area (Å²) in [6.45, 7) is 3.99. The van der Waals surface area contributed by atoms with E-state index < -0.39 is 20.0 Å². The molecule has 3 rings (SSSR count). The number of hydrogen-bond acceptors (Lipinski definition) is 6. The van der Waals surface area contributed by atoms with E-state index in [9.17, 15) is 16.8 Å². The summed E-state index contributed by atoms with van der Waals surface area (Å²) in [6, 6.07) is 13.7. The molecule has 0 saturated heterocycles. The maximum absolute atomic E-state index is 12.9. The summed E-state index contributed by atoms with van der Waals surface area (Å²) in [5.41, 5.74) is 0.949. The number of thiophene rings is 1. The molecule has 0 aliphatic carbocycles. The number of benzene rings is 2. The Morgan fingerprint density at radius 2 is 1.53 bits per heavy atom. The molecule has 7 nitrogen and oxygen atoms in total. The molecular weight excluding hydrogens is 468 g/mol. The van der Waals surface area contributed by atoms with Gasteiger partial charge in [0.1, 0.15) is 9.96 Å². The van der Waals surface area contributed by atoms with Crippen LogP contribution >= 0.6 is 22.9 Å². The van der Waals surface area contributed by atoms with Crippen LogP contribution in [0.5, 0.6) is 5.75 Å². The first-order valence-corrected chi connectivity index (χ1v) is 12.9. The lowest BCUT2D eigenvalue weighted by molar-refractivity contribution is 0.340. The summed E-state index contributed by atoms with van der Waals surface area (Å²) in [4.78, 5) is -0.0409. The van der Waals surface area contributed by atoms with Crippen LogP contribution in [0.4, 0.5) is 11.4 Å². The molecule has 0 aliphatic heterocycles. The molecular formula is C19H19ClN2O5S3. The molecule has 0 fully saturated rings. The van der Waals surface area contributed by atoms with Gasteiger partial charge in [-0.1, -0.05) is 17.7 Å². The van der Waals surface area contributed by atoms with Crippen molar-refractivity contribution in [2.24, 2.45) is 0 Å². The second-order valence-electron chi connectivity index (χ2n) is 6.21. The minimum absolute atomic E-state index is 0.0324. The maximum atomic E-state index is 12.9. The largest absolute Gasteiger partial charge is 0.494 e. The predicted octanol–water partition coefficient (Wildman–Crippen LogP) is 4.71. The van der Waals surface area contributed by atoms with Crippen LogP contribution in [-0.2, 0) is 20.0 Å². The number of ether oxygens (including phenoxy) is 1. The quantitative estimate of drug-likeness (QED) is 0.480. The van der Waals surface area contributed by atoms with Gasteiger partial charge < -0.3 is 4.74 Å². The van der Waals surface area contributed by atoms with Crippen molar-refractivity contribution in [3.8, 4) is 5.75 Å². The van der Waals surface area contributed by atoms with E-state index in [1.54, 1.807) is 31.2 Å². The van der Waals surface area contributed by atoms with E-state index in [-0.39, 0.29) is 14.8 Å². The normalized spacial score (nSPS) is 11.8. The van der Waals surface area contributed by atoms with Gasteiger partial charge in [-0.15, -0.1) is 11.3 Å². The number of hydrogen-bond donors (Lipinski definition) is 2. The number of anilines is 2. The minimum Gasteiger partial charge on any atom is -0.494 e. The van der Waals surface area contributed by atoms with Crippen LogP contribution in [0, 0.1) is 6.92 Å². The van der Waals surface area contributed by atoms with Gasteiger partial charge in [-0.25, -0.2) is 16.8 Å². The second-order valence-corrected chi connectivity index (χ2v) is 11.5. The Morgan fingerprint density at radius 1 is 0.900 bits per heavy atom.